The summed E-state index contributed by atoms with van der Waals surface area (Å²) < 4.78 is 0. The number of guanidine groups is 1. The van der Waals surface area contributed by atoms with Gasteiger partial charge in [-0.25, -0.2) is 0 Å². The van der Waals surface area contributed by atoms with Crippen LogP contribution in [0.15, 0.2) is 35.3 Å². The smallest absolute Gasteiger partial charge is 0.188 e. The predicted molar refractivity (Wildman–Crippen MR) is 122 cm³/mol. The molecular formula is C20H36IN5. The summed E-state index contributed by atoms with van der Waals surface area (Å²) in [5.41, 5.74) is 7.26. The number of halogens is 1. The average Bonchev–Trinajstić information content (AvgIpc) is 2.62. The maximum Gasteiger partial charge on any atom is 0.188 e. The minimum absolute atomic E-state index is 0. The fourth-order valence-corrected chi connectivity index (χ4v) is 3.03. The molecule has 1 heterocycles. The highest BCUT2D eigenvalue weighted by molar-refractivity contribution is 14.0. The summed E-state index contributed by atoms with van der Waals surface area (Å²) in [4.78, 5) is 9.46. The Labute approximate surface area is 176 Å². The minimum atomic E-state index is 0. The molecule has 148 valence electrons. The van der Waals surface area contributed by atoms with Crippen molar-refractivity contribution in [2.45, 2.75) is 33.2 Å². The third-order valence-electron chi connectivity index (χ3n) is 4.55. The maximum absolute atomic E-state index is 5.85. The molecule has 1 saturated heterocycles. The van der Waals surface area contributed by atoms with E-state index >= 15 is 0 Å². The van der Waals surface area contributed by atoms with E-state index < -0.39 is 0 Å². The summed E-state index contributed by atoms with van der Waals surface area (Å²) in [5.74, 6) is 1.14. The van der Waals surface area contributed by atoms with Gasteiger partial charge in [0.15, 0.2) is 5.96 Å². The fraction of sp³-hybridized carbons (Fsp3) is 0.650. The third-order valence-corrected chi connectivity index (χ3v) is 4.55. The zero-order chi connectivity index (χ0) is 17.9. The lowest BCUT2D eigenvalue weighted by atomic mass is 10.2. The van der Waals surface area contributed by atoms with Gasteiger partial charge in [-0.1, -0.05) is 44.2 Å². The molecule has 2 rings (SSSR count). The normalized spacial score (nSPS) is 16.5. The van der Waals surface area contributed by atoms with Crippen molar-refractivity contribution < 1.29 is 0 Å². The van der Waals surface area contributed by atoms with Gasteiger partial charge in [-0.3, -0.25) is 9.89 Å². The van der Waals surface area contributed by atoms with Crippen LogP contribution in [0.25, 0.3) is 0 Å². The van der Waals surface area contributed by atoms with Gasteiger partial charge in [0.25, 0.3) is 0 Å². The largest absolute Gasteiger partial charge is 0.370 e. The van der Waals surface area contributed by atoms with E-state index in [4.69, 9.17) is 5.73 Å². The Morgan fingerprint density at radius 3 is 2.38 bits per heavy atom. The first-order valence-corrected chi connectivity index (χ1v) is 9.66. The number of nitrogens with one attached hydrogen (secondary N) is 1. The van der Waals surface area contributed by atoms with Gasteiger partial charge in [-0.2, -0.15) is 0 Å². The molecule has 1 aromatic rings. The van der Waals surface area contributed by atoms with Gasteiger partial charge in [0.1, 0.15) is 0 Å². The number of benzene rings is 1. The van der Waals surface area contributed by atoms with E-state index in [9.17, 15) is 0 Å². The van der Waals surface area contributed by atoms with Crippen LogP contribution >= 0.6 is 24.0 Å². The predicted octanol–water partition coefficient (Wildman–Crippen LogP) is 2.76. The van der Waals surface area contributed by atoms with E-state index in [-0.39, 0.29) is 24.0 Å². The number of aliphatic imine (C=N–C) groups is 1. The van der Waals surface area contributed by atoms with Crippen LogP contribution in [0.1, 0.15) is 32.3 Å². The number of unbranched alkanes of at least 4 members (excludes halogenated alkanes) is 1. The minimum Gasteiger partial charge on any atom is -0.370 e. The molecule has 0 radical (unpaired) electrons. The second-order valence-corrected chi connectivity index (χ2v) is 7.36. The van der Waals surface area contributed by atoms with E-state index in [1.54, 1.807) is 0 Å². The highest BCUT2D eigenvalue weighted by Crippen LogP contribution is 2.08. The molecule has 6 heteroatoms. The average molecular weight is 473 g/mol. The fourth-order valence-electron chi connectivity index (χ4n) is 3.03. The van der Waals surface area contributed by atoms with E-state index in [1.807, 2.05) is 0 Å². The Morgan fingerprint density at radius 2 is 1.73 bits per heavy atom. The second kappa shape index (κ2) is 13.3. The molecular weight excluding hydrogens is 437 g/mol. The van der Waals surface area contributed by atoms with Crippen molar-refractivity contribution >= 4 is 29.9 Å². The van der Waals surface area contributed by atoms with Crippen LogP contribution in [0.5, 0.6) is 0 Å². The Balaban J connectivity index is 0.00000338. The summed E-state index contributed by atoms with van der Waals surface area (Å²) in [6.45, 7) is 13.0. The van der Waals surface area contributed by atoms with Crippen LogP contribution in [-0.2, 0) is 6.54 Å². The van der Waals surface area contributed by atoms with Gasteiger partial charge in [-0.05, 0) is 30.9 Å². The lowest BCUT2D eigenvalue weighted by Crippen LogP contribution is -2.46. The van der Waals surface area contributed by atoms with Crippen molar-refractivity contribution in [3.8, 4) is 0 Å². The van der Waals surface area contributed by atoms with Crippen LogP contribution in [0.2, 0.25) is 0 Å². The first kappa shape index (κ1) is 23.2. The van der Waals surface area contributed by atoms with Gasteiger partial charge in [-0.15, -0.1) is 24.0 Å². The molecule has 3 N–H and O–H groups in total. The van der Waals surface area contributed by atoms with E-state index in [1.165, 1.54) is 44.7 Å². The molecule has 0 aliphatic carbocycles. The molecule has 1 fully saturated rings. The SMILES string of the molecule is CC(C)CN=C(N)NCCCCN1CCN(Cc2ccccc2)CC1.I. The summed E-state index contributed by atoms with van der Waals surface area (Å²) in [6.07, 6.45) is 2.35. The van der Waals surface area contributed by atoms with Crippen molar-refractivity contribution in [1.29, 1.82) is 0 Å². The zero-order valence-corrected chi connectivity index (χ0v) is 18.7. The first-order chi connectivity index (χ1) is 12.1. The quantitative estimate of drug-likeness (QED) is 0.251. The standard InChI is InChI=1S/C20H35N5.HI/c1-18(2)16-23-20(21)22-10-6-7-11-24-12-14-25(15-13-24)17-19-8-4-3-5-9-19;/h3-5,8-9,18H,6-7,10-17H2,1-2H3,(H3,21,22,23);1H. The van der Waals surface area contributed by atoms with Crippen LogP contribution in [-0.4, -0.2) is 61.6 Å². The molecule has 0 amide bonds. The van der Waals surface area contributed by atoms with E-state index in [0.29, 0.717) is 11.9 Å². The second-order valence-electron chi connectivity index (χ2n) is 7.36. The van der Waals surface area contributed by atoms with Crippen LogP contribution in [0, 0.1) is 5.92 Å². The van der Waals surface area contributed by atoms with Crippen LogP contribution in [0.4, 0.5) is 0 Å². The van der Waals surface area contributed by atoms with Gasteiger partial charge in [0.2, 0.25) is 0 Å². The molecule has 1 aromatic carbocycles. The molecule has 1 aliphatic rings. The van der Waals surface area contributed by atoms with Crippen molar-refractivity contribution in [2.75, 3.05) is 45.8 Å². The maximum atomic E-state index is 5.85. The highest BCUT2D eigenvalue weighted by Gasteiger charge is 2.16. The monoisotopic (exact) mass is 473 g/mol. The summed E-state index contributed by atoms with van der Waals surface area (Å²) >= 11 is 0. The molecule has 0 aromatic heterocycles. The number of rotatable bonds is 9. The number of nitrogens with zero attached hydrogens (tertiary/aromatic N) is 3. The third kappa shape index (κ3) is 9.73. The van der Waals surface area contributed by atoms with E-state index in [0.717, 1.165) is 26.1 Å². The molecule has 0 spiro atoms. The molecule has 0 bridgehead atoms. The van der Waals surface area contributed by atoms with Crippen molar-refractivity contribution in [3.05, 3.63) is 35.9 Å². The summed E-state index contributed by atoms with van der Waals surface area (Å²) in [5, 5.41) is 3.21. The van der Waals surface area contributed by atoms with Crippen molar-refractivity contribution in [3.63, 3.8) is 0 Å². The molecule has 0 saturated carbocycles. The number of piperazine rings is 1. The Morgan fingerprint density at radius 1 is 1.08 bits per heavy atom. The Bertz CT molecular complexity index is 498. The van der Waals surface area contributed by atoms with Crippen LogP contribution in [0.3, 0.4) is 0 Å². The van der Waals surface area contributed by atoms with Crippen molar-refractivity contribution in [1.82, 2.24) is 15.1 Å². The van der Waals surface area contributed by atoms with Gasteiger partial charge in [0, 0.05) is 45.8 Å². The van der Waals surface area contributed by atoms with E-state index in [2.05, 4.69) is 64.3 Å². The number of hydrogen-bond donors (Lipinski definition) is 2. The molecule has 0 atom stereocenters. The summed E-state index contributed by atoms with van der Waals surface area (Å²) in [6, 6.07) is 10.8. The molecule has 26 heavy (non-hydrogen) atoms. The molecule has 0 unspecified atom stereocenters. The number of nitrogens with two attached hydrogens (primary N) is 1. The van der Waals surface area contributed by atoms with Crippen LogP contribution < -0.4 is 11.1 Å². The Hall–Kier alpha value is -0.860. The highest BCUT2D eigenvalue weighted by atomic mass is 127. The lowest BCUT2D eigenvalue weighted by Gasteiger charge is -2.34. The zero-order valence-electron chi connectivity index (χ0n) is 16.4. The topological polar surface area (TPSA) is 56.9 Å². The lowest BCUT2D eigenvalue weighted by molar-refractivity contribution is 0.126. The van der Waals surface area contributed by atoms with Crippen molar-refractivity contribution in [2.24, 2.45) is 16.6 Å². The summed E-state index contributed by atoms with van der Waals surface area (Å²) in [7, 11) is 0. The first-order valence-electron chi connectivity index (χ1n) is 9.66. The van der Waals surface area contributed by atoms with Gasteiger partial charge in [0.05, 0.1) is 0 Å². The molecule has 5 nitrogen and oxygen atoms in total. The number of hydrogen-bond acceptors (Lipinski definition) is 3. The van der Waals surface area contributed by atoms with Gasteiger partial charge < -0.3 is 16.0 Å². The van der Waals surface area contributed by atoms with Gasteiger partial charge >= 0.3 is 0 Å². The Kier molecular flexibility index (Phi) is 11.9. The molecule has 1 aliphatic heterocycles.